The van der Waals surface area contributed by atoms with Crippen molar-refractivity contribution in [2.24, 2.45) is 0 Å². The SMILES string of the molecule is CC(=O)c1ccc(N2CCCC2)c(Cl)c1.Cl. The Morgan fingerprint density at radius 2 is 1.94 bits per heavy atom. The predicted octanol–water partition coefficient (Wildman–Crippen LogP) is 3.56. The number of nitrogens with zero attached hydrogens (tertiary/aromatic N) is 1. The molecule has 0 N–H and O–H groups in total. The highest BCUT2D eigenvalue weighted by Gasteiger charge is 2.15. The highest BCUT2D eigenvalue weighted by Crippen LogP contribution is 2.29. The van der Waals surface area contributed by atoms with Crippen molar-refractivity contribution in [3.8, 4) is 0 Å². The van der Waals surface area contributed by atoms with E-state index < -0.39 is 0 Å². The summed E-state index contributed by atoms with van der Waals surface area (Å²) >= 11 is 6.16. The van der Waals surface area contributed by atoms with Gasteiger partial charge in [0.1, 0.15) is 0 Å². The van der Waals surface area contributed by atoms with Crippen LogP contribution < -0.4 is 4.90 Å². The van der Waals surface area contributed by atoms with E-state index in [0.29, 0.717) is 10.6 Å². The molecule has 88 valence electrons. The van der Waals surface area contributed by atoms with Crippen molar-refractivity contribution >= 4 is 35.5 Å². The van der Waals surface area contributed by atoms with Gasteiger partial charge in [-0.2, -0.15) is 0 Å². The van der Waals surface area contributed by atoms with Crippen molar-refractivity contribution in [2.45, 2.75) is 19.8 Å². The number of carbonyl (C=O) groups excluding carboxylic acids is 1. The molecule has 1 aliphatic heterocycles. The summed E-state index contributed by atoms with van der Waals surface area (Å²) in [4.78, 5) is 13.4. The highest BCUT2D eigenvalue weighted by atomic mass is 35.5. The number of hydrogen-bond donors (Lipinski definition) is 0. The summed E-state index contributed by atoms with van der Waals surface area (Å²) in [5, 5.41) is 0.685. The Kier molecular flexibility index (Phi) is 4.63. The topological polar surface area (TPSA) is 20.3 Å². The van der Waals surface area contributed by atoms with Gasteiger partial charge in [0.05, 0.1) is 10.7 Å². The van der Waals surface area contributed by atoms with Gasteiger partial charge < -0.3 is 4.90 Å². The minimum Gasteiger partial charge on any atom is -0.370 e. The van der Waals surface area contributed by atoms with E-state index >= 15 is 0 Å². The average molecular weight is 260 g/mol. The molecule has 1 aromatic carbocycles. The first kappa shape index (κ1) is 13.3. The van der Waals surface area contributed by atoms with Gasteiger partial charge in [-0.05, 0) is 38.0 Å². The summed E-state index contributed by atoms with van der Waals surface area (Å²) in [6, 6.07) is 5.56. The van der Waals surface area contributed by atoms with Gasteiger partial charge in [-0.25, -0.2) is 0 Å². The van der Waals surface area contributed by atoms with Crippen LogP contribution in [0.25, 0.3) is 0 Å². The minimum atomic E-state index is 0. The van der Waals surface area contributed by atoms with Crippen LogP contribution in [0.2, 0.25) is 5.02 Å². The normalized spacial score (nSPS) is 14.8. The fraction of sp³-hybridized carbons (Fsp3) is 0.417. The molecule has 1 aliphatic rings. The molecule has 2 nitrogen and oxygen atoms in total. The smallest absolute Gasteiger partial charge is 0.159 e. The molecule has 0 aromatic heterocycles. The minimum absolute atomic E-state index is 0. The summed E-state index contributed by atoms with van der Waals surface area (Å²) in [6.45, 7) is 3.69. The van der Waals surface area contributed by atoms with E-state index in [1.807, 2.05) is 12.1 Å². The van der Waals surface area contributed by atoms with E-state index in [9.17, 15) is 4.79 Å². The molecule has 0 atom stereocenters. The number of rotatable bonds is 2. The van der Waals surface area contributed by atoms with Gasteiger partial charge in [0, 0.05) is 18.7 Å². The Morgan fingerprint density at radius 1 is 1.31 bits per heavy atom. The van der Waals surface area contributed by atoms with Gasteiger partial charge in [-0.15, -0.1) is 12.4 Å². The predicted molar refractivity (Wildman–Crippen MR) is 70.2 cm³/mol. The first-order chi connectivity index (χ1) is 7.18. The van der Waals surface area contributed by atoms with Crippen LogP contribution in [0.1, 0.15) is 30.1 Å². The summed E-state index contributed by atoms with van der Waals surface area (Å²) in [7, 11) is 0. The van der Waals surface area contributed by atoms with Crippen molar-refractivity contribution in [1.82, 2.24) is 0 Å². The fourth-order valence-corrected chi connectivity index (χ4v) is 2.24. The van der Waals surface area contributed by atoms with E-state index in [1.165, 1.54) is 12.8 Å². The van der Waals surface area contributed by atoms with Crippen LogP contribution in [-0.2, 0) is 0 Å². The van der Waals surface area contributed by atoms with Crippen molar-refractivity contribution in [3.63, 3.8) is 0 Å². The summed E-state index contributed by atoms with van der Waals surface area (Å²) in [5.41, 5.74) is 1.74. The van der Waals surface area contributed by atoms with E-state index in [1.54, 1.807) is 13.0 Å². The molecule has 0 spiro atoms. The number of ketones is 1. The lowest BCUT2D eigenvalue weighted by molar-refractivity contribution is 0.101. The number of hydrogen-bond acceptors (Lipinski definition) is 2. The summed E-state index contributed by atoms with van der Waals surface area (Å²) in [5.74, 6) is 0.0601. The number of Topliss-reactive ketones (excluding diaryl/α,β-unsaturated/α-hetero) is 1. The van der Waals surface area contributed by atoms with Gasteiger partial charge in [0.2, 0.25) is 0 Å². The van der Waals surface area contributed by atoms with Crippen molar-refractivity contribution in [2.75, 3.05) is 18.0 Å². The molecule has 1 fully saturated rings. The van der Waals surface area contributed by atoms with Crippen LogP contribution in [0.15, 0.2) is 18.2 Å². The number of benzene rings is 1. The van der Waals surface area contributed by atoms with E-state index in [2.05, 4.69) is 4.90 Å². The Morgan fingerprint density at radius 3 is 2.44 bits per heavy atom. The van der Waals surface area contributed by atoms with Crippen LogP contribution in [0.5, 0.6) is 0 Å². The van der Waals surface area contributed by atoms with Crippen molar-refractivity contribution in [1.29, 1.82) is 0 Å². The molecule has 0 unspecified atom stereocenters. The quantitative estimate of drug-likeness (QED) is 0.758. The maximum Gasteiger partial charge on any atom is 0.159 e. The van der Waals surface area contributed by atoms with Gasteiger partial charge in [0.15, 0.2) is 5.78 Å². The lowest BCUT2D eigenvalue weighted by Gasteiger charge is -2.19. The zero-order valence-corrected chi connectivity index (χ0v) is 10.8. The summed E-state index contributed by atoms with van der Waals surface area (Å²) < 4.78 is 0. The first-order valence-corrected chi connectivity index (χ1v) is 5.62. The monoisotopic (exact) mass is 259 g/mol. The third kappa shape index (κ3) is 2.69. The molecule has 2 rings (SSSR count). The average Bonchev–Trinajstić information content (AvgIpc) is 2.70. The second-order valence-electron chi connectivity index (χ2n) is 3.92. The molecule has 1 aromatic rings. The van der Waals surface area contributed by atoms with Crippen molar-refractivity contribution in [3.05, 3.63) is 28.8 Å². The van der Waals surface area contributed by atoms with Crippen molar-refractivity contribution < 1.29 is 4.79 Å². The fourth-order valence-electron chi connectivity index (χ4n) is 1.94. The van der Waals surface area contributed by atoms with Crippen LogP contribution in [0, 0.1) is 0 Å². The van der Waals surface area contributed by atoms with Crippen LogP contribution in [0.4, 0.5) is 5.69 Å². The van der Waals surface area contributed by atoms with Gasteiger partial charge in [0.25, 0.3) is 0 Å². The van der Waals surface area contributed by atoms with E-state index in [4.69, 9.17) is 11.6 Å². The zero-order chi connectivity index (χ0) is 10.8. The molecule has 0 bridgehead atoms. The molecule has 0 amide bonds. The van der Waals surface area contributed by atoms with Gasteiger partial charge in [-0.3, -0.25) is 4.79 Å². The summed E-state index contributed by atoms with van der Waals surface area (Å²) in [6.07, 6.45) is 2.45. The van der Waals surface area contributed by atoms with Gasteiger partial charge in [-0.1, -0.05) is 11.6 Å². The Bertz CT molecular complexity index is 387. The Labute approximate surface area is 107 Å². The zero-order valence-electron chi connectivity index (χ0n) is 9.20. The highest BCUT2D eigenvalue weighted by molar-refractivity contribution is 6.33. The standard InChI is InChI=1S/C12H14ClNO.ClH/c1-9(15)10-4-5-12(11(13)8-10)14-6-2-3-7-14;/h4-5,8H,2-3,6-7H2,1H3;1H. The Hall–Kier alpha value is -0.730. The number of carbonyl (C=O) groups is 1. The van der Waals surface area contributed by atoms with E-state index in [0.717, 1.165) is 18.8 Å². The largest absolute Gasteiger partial charge is 0.370 e. The maximum atomic E-state index is 11.2. The molecule has 1 heterocycles. The molecule has 1 saturated heterocycles. The number of halogens is 2. The second kappa shape index (κ2) is 5.55. The van der Waals surface area contributed by atoms with Crippen LogP contribution >= 0.6 is 24.0 Å². The Balaban J connectivity index is 0.00000128. The third-order valence-corrected chi connectivity index (χ3v) is 3.10. The third-order valence-electron chi connectivity index (χ3n) is 2.80. The molecule has 0 saturated carbocycles. The lowest BCUT2D eigenvalue weighted by Crippen LogP contribution is -2.18. The molecule has 0 radical (unpaired) electrons. The van der Waals surface area contributed by atoms with Crippen LogP contribution in [0.3, 0.4) is 0 Å². The number of anilines is 1. The lowest BCUT2D eigenvalue weighted by atomic mass is 10.1. The second-order valence-corrected chi connectivity index (χ2v) is 4.32. The van der Waals surface area contributed by atoms with E-state index in [-0.39, 0.29) is 18.2 Å². The molecule has 0 aliphatic carbocycles. The maximum absolute atomic E-state index is 11.2. The molecule has 4 heteroatoms. The van der Waals surface area contributed by atoms with Gasteiger partial charge >= 0.3 is 0 Å². The van der Waals surface area contributed by atoms with Crippen LogP contribution in [-0.4, -0.2) is 18.9 Å². The first-order valence-electron chi connectivity index (χ1n) is 5.24. The molecular formula is C12H15Cl2NO. The molecule has 16 heavy (non-hydrogen) atoms. The molecular weight excluding hydrogens is 245 g/mol.